The molecular weight excluding hydrogens is 290 g/mol. The molecule has 0 unspecified atom stereocenters. The zero-order chi connectivity index (χ0) is 17.0. The average Bonchev–Trinajstić information content (AvgIpc) is 2.52. The maximum absolute atomic E-state index is 12.2. The number of nitrogens with zero attached hydrogens (tertiary/aromatic N) is 2. The second-order valence-corrected chi connectivity index (χ2v) is 7.07. The van der Waals surface area contributed by atoms with Gasteiger partial charge in [0.1, 0.15) is 0 Å². The molecule has 1 aromatic carbocycles. The molecule has 1 aromatic rings. The first kappa shape index (κ1) is 17.3. The number of carbonyl (C=O) groups excluding carboxylic acids is 2. The minimum Gasteiger partial charge on any atom is -0.376 e. The molecule has 2 rings (SSSR count). The molecule has 0 radical (unpaired) electrons. The molecule has 1 saturated heterocycles. The third-order valence-electron chi connectivity index (χ3n) is 4.27. The molecule has 23 heavy (non-hydrogen) atoms. The van der Waals surface area contributed by atoms with Crippen LogP contribution in [0.3, 0.4) is 0 Å². The van der Waals surface area contributed by atoms with Gasteiger partial charge in [0.05, 0.1) is 6.54 Å². The van der Waals surface area contributed by atoms with E-state index < -0.39 is 0 Å². The summed E-state index contributed by atoms with van der Waals surface area (Å²) in [5, 5.41) is 3.18. The number of hydrogen-bond acceptors (Lipinski definition) is 3. The van der Waals surface area contributed by atoms with E-state index in [9.17, 15) is 9.59 Å². The van der Waals surface area contributed by atoms with Crippen LogP contribution in [-0.2, 0) is 15.0 Å². The topological polar surface area (TPSA) is 52.7 Å². The molecule has 2 amide bonds. The van der Waals surface area contributed by atoms with Crippen LogP contribution in [0, 0.1) is 0 Å². The van der Waals surface area contributed by atoms with Gasteiger partial charge in [-0.1, -0.05) is 32.9 Å². The molecule has 1 heterocycles. The monoisotopic (exact) mass is 317 g/mol. The van der Waals surface area contributed by atoms with Gasteiger partial charge < -0.3 is 15.1 Å². The van der Waals surface area contributed by atoms with E-state index in [2.05, 4.69) is 38.2 Å². The van der Waals surface area contributed by atoms with E-state index in [-0.39, 0.29) is 23.8 Å². The molecule has 126 valence electrons. The molecule has 1 aliphatic rings. The van der Waals surface area contributed by atoms with Crippen LogP contribution in [0.5, 0.6) is 0 Å². The average molecular weight is 317 g/mol. The maximum atomic E-state index is 12.2. The Morgan fingerprint density at radius 3 is 2.00 bits per heavy atom. The predicted octanol–water partition coefficient (Wildman–Crippen LogP) is 2.09. The Morgan fingerprint density at radius 1 is 1.00 bits per heavy atom. The van der Waals surface area contributed by atoms with Crippen molar-refractivity contribution in [3.63, 3.8) is 0 Å². The third-order valence-corrected chi connectivity index (χ3v) is 4.27. The highest BCUT2D eigenvalue weighted by Gasteiger charge is 2.22. The molecule has 0 spiro atoms. The van der Waals surface area contributed by atoms with Crippen molar-refractivity contribution in [3.8, 4) is 0 Å². The molecule has 0 saturated carbocycles. The summed E-state index contributed by atoms with van der Waals surface area (Å²) in [4.78, 5) is 27.1. The summed E-state index contributed by atoms with van der Waals surface area (Å²) >= 11 is 0. The second kappa shape index (κ2) is 7.02. The van der Waals surface area contributed by atoms with Gasteiger partial charge in [0.25, 0.3) is 0 Å². The largest absolute Gasteiger partial charge is 0.376 e. The Morgan fingerprint density at radius 2 is 1.52 bits per heavy atom. The van der Waals surface area contributed by atoms with Crippen LogP contribution in [0.25, 0.3) is 0 Å². The van der Waals surface area contributed by atoms with Gasteiger partial charge in [0.15, 0.2) is 0 Å². The number of hydrogen-bond donors (Lipinski definition) is 1. The van der Waals surface area contributed by atoms with Crippen molar-refractivity contribution in [2.24, 2.45) is 0 Å². The number of piperazine rings is 1. The smallest absolute Gasteiger partial charge is 0.241 e. The first-order valence-corrected chi connectivity index (χ1v) is 8.15. The Bertz CT molecular complexity index is 553. The third kappa shape index (κ3) is 4.71. The molecule has 5 heteroatoms. The molecule has 5 nitrogen and oxygen atoms in total. The van der Waals surface area contributed by atoms with Crippen LogP contribution < -0.4 is 5.32 Å². The van der Waals surface area contributed by atoms with Crippen molar-refractivity contribution < 1.29 is 9.59 Å². The molecule has 1 fully saturated rings. The molecule has 1 aliphatic heterocycles. The van der Waals surface area contributed by atoms with Crippen LogP contribution in [0.1, 0.15) is 33.3 Å². The highest BCUT2D eigenvalue weighted by atomic mass is 16.2. The van der Waals surface area contributed by atoms with Gasteiger partial charge >= 0.3 is 0 Å². The van der Waals surface area contributed by atoms with Crippen LogP contribution in [0.15, 0.2) is 24.3 Å². The molecule has 0 aromatic heterocycles. The van der Waals surface area contributed by atoms with E-state index in [4.69, 9.17) is 0 Å². The number of carbonyl (C=O) groups is 2. The van der Waals surface area contributed by atoms with Crippen molar-refractivity contribution in [3.05, 3.63) is 29.8 Å². The SMILES string of the molecule is CC(=O)N1CCN(C(=O)CNc2ccc(C(C)(C)C)cc2)CC1. The van der Waals surface area contributed by atoms with Crippen LogP contribution in [0.2, 0.25) is 0 Å². The summed E-state index contributed by atoms with van der Waals surface area (Å²) in [6.07, 6.45) is 0. The summed E-state index contributed by atoms with van der Waals surface area (Å²) in [5.41, 5.74) is 2.36. The Balaban J connectivity index is 1.82. The van der Waals surface area contributed by atoms with Crippen molar-refractivity contribution in [1.82, 2.24) is 9.80 Å². The Hall–Kier alpha value is -2.04. The highest BCUT2D eigenvalue weighted by molar-refractivity contribution is 5.81. The van der Waals surface area contributed by atoms with Gasteiger partial charge in [0.2, 0.25) is 11.8 Å². The van der Waals surface area contributed by atoms with Gasteiger partial charge in [-0.25, -0.2) is 0 Å². The lowest BCUT2D eigenvalue weighted by atomic mass is 9.87. The number of anilines is 1. The molecule has 0 atom stereocenters. The molecule has 1 N–H and O–H groups in total. The summed E-state index contributed by atoms with van der Waals surface area (Å²) in [6.45, 7) is 10.9. The molecular formula is C18H27N3O2. The summed E-state index contributed by atoms with van der Waals surface area (Å²) in [5.74, 6) is 0.155. The van der Waals surface area contributed by atoms with Gasteiger partial charge in [-0.2, -0.15) is 0 Å². The van der Waals surface area contributed by atoms with E-state index in [1.54, 1.807) is 11.8 Å². The van der Waals surface area contributed by atoms with Crippen LogP contribution in [0.4, 0.5) is 5.69 Å². The Labute approximate surface area is 138 Å². The Kier molecular flexibility index (Phi) is 5.29. The lowest BCUT2D eigenvalue weighted by Gasteiger charge is -2.34. The van der Waals surface area contributed by atoms with Crippen LogP contribution in [-0.4, -0.2) is 54.3 Å². The fourth-order valence-corrected chi connectivity index (χ4v) is 2.65. The van der Waals surface area contributed by atoms with E-state index in [1.807, 2.05) is 17.0 Å². The fraction of sp³-hybridized carbons (Fsp3) is 0.556. The summed E-state index contributed by atoms with van der Waals surface area (Å²) in [6, 6.07) is 8.22. The highest BCUT2D eigenvalue weighted by Crippen LogP contribution is 2.23. The summed E-state index contributed by atoms with van der Waals surface area (Å²) in [7, 11) is 0. The van der Waals surface area contributed by atoms with Crippen molar-refractivity contribution in [2.45, 2.75) is 33.1 Å². The molecule has 0 bridgehead atoms. The first-order chi connectivity index (χ1) is 10.8. The number of amides is 2. The zero-order valence-electron chi connectivity index (χ0n) is 14.6. The predicted molar refractivity (Wildman–Crippen MR) is 92.5 cm³/mol. The minimum atomic E-state index is 0.0769. The van der Waals surface area contributed by atoms with E-state index in [0.717, 1.165) is 5.69 Å². The van der Waals surface area contributed by atoms with Crippen molar-refractivity contribution in [1.29, 1.82) is 0 Å². The van der Waals surface area contributed by atoms with Gasteiger partial charge in [-0.3, -0.25) is 9.59 Å². The fourth-order valence-electron chi connectivity index (χ4n) is 2.65. The quantitative estimate of drug-likeness (QED) is 0.929. The minimum absolute atomic E-state index is 0.0769. The van der Waals surface area contributed by atoms with Gasteiger partial charge in [-0.05, 0) is 23.1 Å². The van der Waals surface area contributed by atoms with Crippen LogP contribution >= 0.6 is 0 Å². The van der Waals surface area contributed by atoms with E-state index >= 15 is 0 Å². The normalized spacial score (nSPS) is 15.5. The van der Waals surface area contributed by atoms with Gasteiger partial charge in [-0.15, -0.1) is 0 Å². The summed E-state index contributed by atoms with van der Waals surface area (Å²) < 4.78 is 0. The standard InChI is InChI=1S/C18H27N3O2/c1-14(22)20-9-11-21(12-10-20)17(23)13-19-16-7-5-15(6-8-16)18(2,3)4/h5-8,19H,9-13H2,1-4H3. The number of nitrogens with one attached hydrogen (secondary N) is 1. The first-order valence-electron chi connectivity index (χ1n) is 8.15. The van der Waals surface area contributed by atoms with Crippen molar-refractivity contribution in [2.75, 3.05) is 38.0 Å². The number of benzene rings is 1. The van der Waals surface area contributed by atoms with Gasteiger partial charge in [0, 0.05) is 38.8 Å². The van der Waals surface area contributed by atoms with E-state index in [1.165, 1.54) is 5.56 Å². The number of rotatable bonds is 3. The lowest BCUT2D eigenvalue weighted by Crippen LogP contribution is -2.51. The van der Waals surface area contributed by atoms with Crippen molar-refractivity contribution >= 4 is 17.5 Å². The lowest BCUT2D eigenvalue weighted by molar-refractivity contribution is -0.137. The zero-order valence-corrected chi connectivity index (χ0v) is 14.6. The molecule has 0 aliphatic carbocycles. The second-order valence-electron chi connectivity index (χ2n) is 7.07. The maximum Gasteiger partial charge on any atom is 0.241 e. The van der Waals surface area contributed by atoms with E-state index in [0.29, 0.717) is 26.2 Å².